The predicted molar refractivity (Wildman–Crippen MR) is 108 cm³/mol. The quantitative estimate of drug-likeness (QED) is 0.705. The van der Waals surface area contributed by atoms with Crippen molar-refractivity contribution >= 4 is 11.6 Å². The molecule has 0 saturated heterocycles. The number of anilines is 1. The summed E-state index contributed by atoms with van der Waals surface area (Å²) in [5, 5.41) is 0. The molecule has 0 atom stereocenters. The molecule has 0 aromatic heterocycles. The van der Waals surface area contributed by atoms with Crippen LogP contribution in [-0.2, 0) is 17.8 Å². The minimum absolute atomic E-state index is 0.0251. The van der Waals surface area contributed by atoms with Gasteiger partial charge in [-0.05, 0) is 35.7 Å². The van der Waals surface area contributed by atoms with Crippen molar-refractivity contribution in [1.29, 1.82) is 0 Å². The normalized spacial score (nSPS) is 14.2. The highest BCUT2D eigenvalue weighted by atomic mass is 19.4. The number of ether oxygens (including phenoxy) is 2. The average Bonchev–Trinajstić information content (AvgIpc) is 2.89. The Hall–Kier alpha value is -2.90. The molecule has 1 aliphatic rings. The van der Waals surface area contributed by atoms with E-state index in [2.05, 4.69) is 11.0 Å². The number of nitrogens with zero attached hydrogens (tertiary/aromatic N) is 2. The number of carbonyl (C=O) groups is 1. The van der Waals surface area contributed by atoms with E-state index in [9.17, 15) is 18.0 Å². The molecule has 1 amide bonds. The highest BCUT2D eigenvalue weighted by molar-refractivity contribution is 5.77. The molecule has 0 N–H and O–H groups in total. The lowest BCUT2D eigenvalue weighted by Gasteiger charge is -2.21. The van der Waals surface area contributed by atoms with E-state index in [4.69, 9.17) is 9.47 Å². The summed E-state index contributed by atoms with van der Waals surface area (Å²) in [5.74, 6) is 0.281. The number of carbonyl (C=O) groups excluding carboxylic acids is 1. The maximum absolute atomic E-state index is 12.8. The topological polar surface area (TPSA) is 42.0 Å². The van der Waals surface area contributed by atoms with E-state index in [0.717, 1.165) is 23.4 Å². The Morgan fingerprint density at radius 3 is 2.60 bits per heavy atom. The summed E-state index contributed by atoms with van der Waals surface area (Å²) < 4.78 is 47.1. The number of hydrogen-bond donors (Lipinski definition) is 0. The molecule has 0 bridgehead atoms. The third-order valence-electron chi connectivity index (χ3n) is 5.07. The van der Waals surface area contributed by atoms with Gasteiger partial charge in [-0.1, -0.05) is 24.3 Å². The van der Waals surface area contributed by atoms with Crippen LogP contribution in [0.1, 0.15) is 17.5 Å². The van der Waals surface area contributed by atoms with Crippen LogP contribution in [0.2, 0.25) is 0 Å². The van der Waals surface area contributed by atoms with Crippen LogP contribution < -0.4 is 14.4 Å². The Morgan fingerprint density at radius 2 is 1.87 bits per heavy atom. The van der Waals surface area contributed by atoms with Gasteiger partial charge < -0.3 is 19.3 Å². The highest BCUT2D eigenvalue weighted by Gasteiger charge is 2.29. The molecule has 0 spiro atoms. The fourth-order valence-corrected chi connectivity index (χ4v) is 3.46. The Labute approximate surface area is 174 Å². The van der Waals surface area contributed by atoms with Gasteiger partial charge in [0.15, 0.2) is 18.1 Å². The van der Waals surface area contributed by atoms with Crippen LogP contribution in [0, 0.1) is 0 Å². The number of para-hydroxylation sites is 1. The first-order valence-corrected chi connectivity index (χ1v) is 9.70. The first kappa shape index (κ1) is 21.8. The van der Waals surface area contributed by atoms with Crippen molar-refractivity contribution in [3.63, 3.8) is 0 Å². The summed E-state index contributed by atoms with van der Waals surface area (Å²) >= 11 is 0. The molecule has 30 heavy (non-hydrogen) atoms. The van der Waals surface area contributed by atoms with Crippen LogP contribution in [0.4, 0.5) is 18.9 Å². The summed E-state index contributed by atoms with van der Waals surface area (Å²) in [6, 6.07) is 12.8. The minimum Gasteiger partial charge on any atom is -0.493 e. The second-order valence-corrected chi connectivity index (χ2v) is 7.25. The standard InChI is InChI=1S/C22H25F3N2O3/c1-26-11-12-27(14-17-5-3-4-6-18(17)26)21(28)10-8-16-7-9-19(20(13-16)29-2)30-15-22(23,24)25/h3-7,9,13H,8,10-12,14-15H2,1-2H3. The second kappa shape index (κ2) is 9.28. The van der Waals surface area contributed by atoms with Crippen LogP contribution in [-0.4, -0.2) is 50.8 Å². The molecule has 1 aliphatic heterocycles. The van der Waals surface area contributed by atoms with Crippen LogP contribution in [0.5, 0.6) is 11.5 Å². The summed E-state index contributed by atoms with van der Waals surface area (Å²) in [6.07, 6.45) is -3.66. The third-order valence-corrected chi connectivity index (χ3v) is 5.07. The van der Waals surface area contributed by atoms with Gasteiger partial charge in [-0.2, -0.15) is 13.2 Å². The minimum atomic E-state index is -4.42. The molecule has 2 aromatic carbocycles. The highest BCUT2D eigenvalue weighted by Crippen LogP contribution is 2.30. The maximum atomic E-state index is 12.8. The predicted octanol–water partition coefficient (Wildman–Crippen LogP) is 4.05. The van der Waals surface area contributed by atoms with Gasteiger partial charge in [-0.25, -0.2) is 0 Å². The fourth-order valence-electron chi connectivity index (χ4n) is 3.46. The van der Waals surface area contributed by atoms with Crippen molar-refractivity contribution in [3.8, 4) is 11.5 Å². The van der Waals surface area contributed by atoms with Gasteiger partial charge >= 0.3 is 6.18 Å². The van der Waals surface area contributed by atoms with Crippen molar-refractivity contribution in [1.82, 2.24) is 4.90 Å². The Bertz CT molecular complexity index is 886. The van der Waals surface area contributed by atoms with Crippen LogP contribution in [0.15, 0.2) is 42.5 Å². The lowest BCUT2D eigenvalue weighted by atomic mass is 10.1. The Morgan fingerprint density at radius 1 is 1.10 bits per heavy atom. The number of aryl methyl sites for hydroxylation is 1. The first-order valence-electron chi connectivity index (χ1n) is 9.70. The largest absolute Gasteiger partial charge is 0.493 e. The number of hydrogen-bond acceptors (Lipinski definition) is 4. The maximum Gasteiger partial charge on any atom is 0.422 e. The monoisotopic (exact) mass is 422 g/mol. The molecule has 0 aliphatic carbocycles. The molecule has 1 heterocycles. The van der Waals surface area contributed by atoms with E-state index < -0.39 is 12.8 Å². The summed E-state index contributed by atoms with van der Waals surface area (Å²) in [6.45, 7) is 0.568. The number of likely N-dealkylation sites (N-methyl/N-ethyl adjacent to an activating group) is 1. The van der Waals surface area contributed by atoms with Gasteiger partial charge in [0.05, 0.1) is 7.11 Å². The van der Waals surface area contributed by atoms with E-state index >= 15 is 0 Å². The van der Waals surface area contributed by atoms with E-state index in [1.54, 1.807) is 12.1 Å². The van der Waals surface area contributed by atoms with Gasteiger partial charge in [0.2, 0.25) is 5.91 Å². The SMILES string of the molecule is COc1cc(CCC(=O)N2CCN(C)c3ccccc3C2)ccc1OCC(F)(F)F. The van der Waals surface area contributed by atoms with Gasteiger partial charge in [-0.3, -0.25) is 4.79 Å². The number of halogens is 3. The third kappa shape index (κ3) is 5.58. The molecule has 8 heteroatoms. The number of rotatable bonds is 6. The molecular weight excluding hydrogens is 397 g/mol. The van der Waals surface area contributed by atoms with Gasteiger partial charge in [0.25, 0.3) is 0 Å². The molecule has 2 aromatic rings. The van der Waals surface area contributed by atoms with Crippen LogP contribution in [0.3, 0.4) is 0 Å². The molecule has 0 saturated carbocycles. The molecule has 162 valence electrons. The fraction of sp³-hybridized carbons (Fsp3) is 0.409. The summed E-state index contributed by atoms with van der Waals surface area (Å²) in [4.78, 5) is 16.8. The zero-order valence-corrected chi connectivity index (χ0v) is 17.0. The number of methoxy groups -OCH3 is 1. The number of fused-ring (bicyclic) bond motifs is 1. The van der Waals surface area contributed by atoms with Crippen molar-refractivity contribution in [2.24, 2.45) is 0 Å². The summed E-state index contributed by atoms with van der Waals surface area (Å²) in [7, 11) is 3.39. The van der Waals surface area contributed by atoms with E-state index in [-0.39, 0.29) is 17.4 Å². The van der Waals surface area contributed by atoms with Gasteiger partial charge in [0, 0.05) is 38.8 Å². The Kier molecular flexibility index (Phi) is 6.74. The molecular formula is C22H25F3N2O3. The van der Waals surface area contributed by atoms with Crippen molar-refractivity contribution in [3.05, 3.63) is 53.6 Å². The number of alkyl halides is 3. The van der Waals surface area contributed by atoms with Gasteiger partial charge in [0.1, 0.15) is 0 Å². The number of benzene rings is 2. The average molecular weight is 422 g/mol. The summed E-state index contributed by atoms with van der Waals surface area (Å²) in [5.41, 5.74) is 3.04. The smallest absolute Gasteiger partial charge is 0.422 e. The lowest BCUT2D eigenvalue weighted by molar-refractivity contribution is -0.153. The van der Waals surface area contributed by atoms with Gasteiger partial charge in [-0.15, -0.1) is 0 Å². The first-order chi connectivity index (χ1) is 14.3. The lowest BCUT2D eigenvalue weighted by Crippen LogP contribution is -2.34. The van der Waals surface area contributed by atoms with E-state index in [1.807, 2.05) is 30.1 Å². The van der Waals surface area contributed by atoms with Crippen LogP contribution in [0.25, 0.3) is 0 Å². The van der Waals surface area contributed by atoms with Crippen molar-refractivity contribution < 1.29 is 27.4 Å². The van der Waals surface area contributed by atoms with E-state index in [0.29, 0.717) is 25.9 Å². The molecule has 0 radical (unpaired) electrons. The Balaban J connectivity index is 1.62. The second-order valence-electron chi connectivity index (χ2n) is 7.25. The van der Waals surface area contributed by atoms with E-state index in [1.165, 1.54) is 13.2 Å². The molecule has 3 rings (SSSR count). The molecule has 5 nitrogen and oxygen atoms in total. The zero-order chi connectivity index (χ0) is 21.7. The van der Waals surface area contributed by atoms with Crippen molar-refractivity contribution in [2.45, 2.75) is 25.6 Å². The number of amides is 1. The van der Waals surface area contributed by atoms with Crippen LogP contribution >= 0.6 is 0 Å². The molecule has 0 fully saturated rings. The van der Waals surface area contributed by atoms with Crippen molar-refractivity contribution in [2.75, 3.05) is 38.8 Å². The molecule has 0 unspecified atom stereocenters. The zero-order valence-electron chi connectivity index (χ0n) is 17.0.